The van der Waals surface area contributed by atoms with E-state index >= 15 is 0 Å². The first-order chi connectivity index (χ1) is 12.7. The van der Waals surface area contributed by atoms with Gasteiger partial charge in [-0.05, 0) is 38.5 Å². The zero-order chi connectivity index (χ0) is 19.8. The Bertz CT molecular complexity index is 957. The van der Waals surface area contributed by atoms with Gasteiger partial charge in [0, 0.05) is 30.7 Å². The number of nitrogens with zero attached hydrogens (tertiary/aromatic N) is 3. The topological polar surface area (TPSA) is 86.4 Å². The number of hydrogen-bond acceptors (Lipinski definition) is 4. The minimum atomic E-state index is -3.66. The fourth-order valence-electron chi connectivity index (χ4n) is 3.22. The maximum absolute atomic E-state index is 13.0. The summed E-state index contributed by atoms with van der Waals surface area (Å²) in [4.78, 5) is 14.7. The lowest BCUT2D eigenvalue weighted by Gasteiger charge is -2.22. The van der Waals surface area contributed by atoms with Gasteiger partial charge in [-0.25, -0.2) is 8.42 Å². The van der Waals surface area contributed by atoms with Crippen molar-refractivity contribution in [3.05, 3.63) is 44.6 Å². The Morgan fingerprint density at radius 2 is 1.96 bits per heavy atom. The van der Waals surface area contributed by atoms with Crippen molar-refractivity contribution in [1.82, 2.24) is 19.4 Å². The van der Waals surface area contributed by atoms with Crippen LogP contribution in [0.4, 0.5) is 0 Å². The molecule has 7 nitrogen and oxygen atoms in total. The summed E-state index contributed by atoms with van der Waals surface area (Å²) < 4.78 is 28.2. The molecule has 27 heavy (non-hydrogen) atoms. The molecule has 0 spiro atoms. The van der Waals surface area contributed by atoms with Crippen molar-refractivity contribution in [2.75, 3.05) is 26.2 Å². The van der Waals surface area contributed by atoms with Gasteiger partial charge in [-0.3, -0.25) is 9.89 Å². The highest BCUT2D eigenvalue weighted by Crippen LogP contribution is 2.25. The summed E-state index contributed by atoms with van der Waals surface area (Å²) in [5.74, 6) is -0.198. The third-order valence-corrected chi connectivity index (χ3v) is 7.54. The molecule has 2 aromatic rings. The van der Waals surface area contributed by atoms with E-state index in [0.717, 1.165) is 4.47 Å². The van der Waals surface area contributed by atoms with Crippen LogP contribution >= 0.6 is 27.5 Å². The minimum absolute atomic E-state index is 0.198. The number of nitrogens with one attached hydrogen (secondary N) is 1. The Kier molecular flexibility index (Phi) is 5.95. The molecule has 2 heterocycles. The van der Waals surface area contributed by atoms with E-state index in [4.69, 9.17) is 11.6 Å². The number of aryl methyl sites for hydroxylation is 2. The van der Waals surface area contributed by atoms with E-state index in [1.807, 2.05) is 0 Å². The molecule has 0 atom stereocenters. The fourth-order valence-corrected chi connectivity index (χ4v) is 5.58. The van der Waals surface area contributed by atoms with Gasteiger partial charge in [-0.15, -0.1) is 0 Å². The number of rotatable bonds is 3. The fraction of sp³-hybridized carbons (Fsp3) is 0.412. The van der Waals surface area contributed by atoms with E-state index in [1.54, 1.807) is 36.9 Å². The van der Waals surface area contributed by atoms with Crippen LogP contribution in [0, 0.1) is 13.8 Å². The van der Waals surface area contributed by atoms with Gasteiger partial charge in [0.2, 0.25) is 10.0 Å². The van der Waals surface area contributed by atoms with Crippen molar-refractivity contribution >= 4 is 43.5 Å². The number of aromatic amines is 1. The maximum atomic E-state index is 13.0. The first kappa shape index (κ1) is 20.3. The number of carbonyl (C=O) groups is 1. The van der Waals surface area contributed by atoms with Crippen LogP contribution < -0.4 is 0 Å². The summed E-state index contributed by atoms with van der Waals surface area (Å²) in [5.41, 5.74) is 1.38. The molecular weight excluding hydrogens is 456 g/mol. The van der Waals surface area contributed by atoms with E-state index in [9.17, 15) is 13.2 Å². The van der Waals surface area contributed by atoms with E-state index in [2.05, 4.69) is 26.1 Å². The average Bonchev–Trinajstić information content (AvgIpc) is 2.83. The maximum Gasteiger partial charge on any atom is 0.255 e. The van der Waals surface area contributed by atoms with Crippen LogP contribution in [0.2, 0.25) is 5.02 Å². The van der Waals surface area contributed by atoms with Gasteiger partial charge in [0.15, 0.2) is 0 Å². The molecule has 0 aliphatic carbocycles. The number of carbonyl (C=O) groups excluding carboxylic acids is 1. The van der Waals surface area contributed by atoms with Crippen LogP contribution in [0.5, 0.6) is 0 Å². The third kappa shape index (κ3) is 4.06. The van der Waals surface area contributed by atoms with Gasteiger partial charge < -0.3 is 4.90 Å². The number of sulfonamides is 1. The summed E-state index contributed by atoms with van der Waals surface area (Å²) >= 11 is 9.52. The van der Waals surface area contributed by atoms with Crippen LogP contribution in [0.1, 0.15) is 28.2 Å². The van der Waals surface area contributed by atoms with Crippen LogP contribution in [0.15, 0.2) is 27.6 Å². The summed E-state index contributed by atoms with van der Waals surface area (Å²) in [5, 5.41) is 7.08. The summed E-state index contributed by atoms with van der Waals surface area (Å²) in [6, 6.07) is 5.12. The molecule has 1 aliphatic rings. The van der Waals surface area contributed by atoms with E-state index in [1.165, 1.54) is 4.31 Å². The quantitative estimate of drug-likeness (QED) is 0.739. The zero-order valence-corrected chi connectivity index (χ0v) is 18.2. The summed E-state index contributed by atoms with van der Waals surface area (Å²) in [6.45, 7) is 4.70. The molecule has 0 radical (unpaired) electrons. The van der Waals surface area contributed by atoms with Crippen molar-refractivity contribution in [2.24, 2.45) is 0 Å². The SMILES string of the molecule is Cc1n[nH]c(C)c1S(=O)(=O)N1CCCN(C(=O)c2cc(Br)ccc2Cl)CC1. The molecule has 1 N–H and O–H groups in total. The van der Waals surface area contributed by atoms with E-state index in [0.29, 0.717) is 48.0 Å². The molecule has 1 fully saturated rings. The van der Waals surface area contributed by atoms with Crippen LogP contribution in [-0.2, 0) is 10.0 Å². The zero-order valence-electron chi connectivity index (χ0n) is 15.0. The van der Waals surface area contributed by atoms with Gasteiger partial charge >= 0.3 is 0 Å². The predicted molar refractivity (Wildman–Crippen MR) is 106 cm³/mol. The third-order valence-electron chi connectivity index (χ3n) is 4.56. The van der Waals surface area contributed by atoms with E-state index in [-0.39, 0.29) is 17.3 Å². The molecule has 146 valence electrons. The van der Waals surface area contributed by atoms with Crippen LogP contribution in [-0.4, -0.2) is 59.9 Å². The number of amides is 1. The average molecular weight is 476 g/mol. The van der Waals surface area contributed by atoms with Gasteiger partial charge in [0.1, 0.15) is 4.90 Å². The van der Waals surface area contributed by atoms with Gasteiger partial charge in [-0.1, -0.05) is 27.5 Å². The second kappa shape index (κ2) is 7.90. The standard InChI is InChI=1S/C17H20BrClN4O3S/c1-11-16(12(2)21-20-11)27(25,26)23-7-3-6-22(8-9-23)17(24)14-10-13(18)4-5-15(14)19/h4-5,10H,3,6-9H2,1-2H3,(H,20,21). The summed E-state index contributed by atoms with van der Waals surface area (Å²) in [6.07, 6.45) is 0.548. The van der Waals surface area contributed by atoms with Gasteiger partial charge in [0.05, 0.1) is 22.0 Å². The summed E-state index contributed by atoms with van der Waals surface area (Å²) in [7, 11) is -3.66. The molecule has 1 aromatic carbocycles. The second-order valence-corrected chi connectivity index (χ2v) is 9.63. The molecule has 0 unspecified atom stereocenters. The molecular formula is C17H20BrClN4O3S. The Morgan fingerprint density at radius 1 is 1.22 bits per heavy atom. The van der Waals surface area contributed by atoms with Crippen molar-refractivity contribution in [1.29, 1.82) is 0 Å². The molecule has 1 aliphatic heterocycles. The highest BCUT2D eigenvalue weighted by molar-refractivity contribution is 9.10. The smallest absolute Gasteiger partial charge is 0.255 e. The first-order valence-corrected chi connectivity index (χ1v) is 11.1. The van der Waals surface area contributed by atoms with Crippen LogP contribution in [0.25, 0.3) is 0 Å². The largest absolute Gasteiger partial charge is 0.337 e. The van der Waals surface area contributed by atoms with Crippen molar-refractivity contribution in [2.45, 2.75) is 25.2 Å². The number of aromatic nitrogens is 2. The molecule has 3 rings (SSSR count). The molecule has 0 bridgehead atoms. The Balaban J connectivity index is 1.80. The Hall–Kier alpha value is -1.42. The lowest BCUT2D eigenvalue weighted by molar-refractivity contribution is 0.0764. The predicted octanol–water partition coefficient (Wildman–Crippen LogP) is 2.98. The lowest BCUT2D eigenvalue weighted by atomic mass is 10.2. The van der Waals surface area contributed by atoms with Gasteiger partial charge in [0.25, 0.3) is 5.91 Å². The molecule has 0 saturated carbocycles. The monoisotopic (exact) mass is 474 g/mol. The van der Waals surface area contributed by atoms with E-state index < -0.39 is 10.0 Å². The first-order valence-electron chi connectivity index (χ1n) is 8.48. The molecule has 10 heteroatoms. The number of halogens is 2. The molecule has 1 amide bonds. The number of H-pyrrole nitrogens is 1. The van der Waals surface area contributed by atoms with Crippen molar-refractivity contribution in [3.63, 3.8) is 0 Å². The minimum Gasteiger partial charge on any atom is -0.337 e. The number of hydrogen-bond donors (Lipinski definition) is 1. The highest BCUT2D eigenvalue weighted by atomic mass is 79.9. The van der Waals surface area contributed by atoms with Crippen LogP contribution in [0.3, 0.4) is 0 Å². The highest BCUT2D eigenvalue weighted by Gasteiger charge is 2.32. The molecule has 1 aromatic heterocycles. The lowest BCUT2D eigenvalue weighted by Crippen LogP contribution is -2.37. The normalized spacial score (nSPS) is 16.4. The molecule has 1 saturated heterocycles. The van der Waals surface area contributed by atoms with Gasteiger partial charge in [-0.2, -0.15) is 9.40 Å². The van der Waals surface area contributed by atoms with Crippen molar-refractivity contribution in [3.8, 4) is 0 Å². The number of benzene rings is 1. The Labute approximate surface area is 171 Å². The second-order valence-electron chi connectivity index (χ2n) is 6.44. The Morgan fingerprint density at radius 3 is 2.63 bits per heavy atom. The van der Waals surface area contributed by atoms with Crippen molar-refractivity contribution < 1.29 is 13.2 Å².